The summed E-state index contributed by atoms with van der Waals surface area (Å²) in [6.07, 6.45) is 4.66. The topological polar surface area (TPSA) is 62.7 Å². The molecule has 0 unspecified atom stereocenters. The van der Waals surface area contributed by atoms with Crippen LogP contribution in [0.4, 0.5) is 0 Å². The molecule has 0 bridgehead atoms. The van der Waals surface area contributed by atoms with E-state index in [1.165, 1.54) is 0 Å². The number of likely N-dealkylation sites (tertiary alicyclic amines) is 1. The Kier molecular flexibility index (Phi) is 5.11. The maximum absolute atomic E-state index is 12.7. The molecular weight excluding hydrogens is 304 g/mol. The largest absolute Gasteiger partial charge is 0.497 e. The van der Waals surface area contributed by atoms with Gasteiger partial charge in [-0.1, -0.05) is 12.1 Å². The molecule has 2 atom stereocenters. The Morgan fingerprint density at radius 3 is 2.88 bits per heavy atom. The molecule has 1 saturated heterocycles. The first-order valence-electron chi connectivity index (χ1n) is 8.18. The van der Waals surface area contributed by atoms with Crippen LogP contribution in [0.3, 0.4) is 0 Å². The summed E-state index contributed by atoms with van der Waals surface area (Å²) >= 11 is 0. The van der Waals surface area contributed by atoms with Crippen LogP contribution in [0.15, 0.2) is 48.8 Å². The number of amides is 1. The number of nitrogens with zero attached hydrogens (tertiary/aromatic N) is 2. The van der Waals surface area contributed by atoms with E-state index < -0.39 is 6.10 Å². The molecular formula is C19H22N2O3. The molecule has 0 saturated carbocycles. The van der Waals surface area contributed by atoms with Gasteiger partial charge >= 0.3 is 0 Å². The smallest absolute Gasteiger partial charge is 0.223 e. The van der Waals surface area contributed by atoms with Crippen molar-refractivity contribution < 1.29 is 14.6 Å². The number of hydrogen-bond acceptors (Lipinski definition) is 4. The maximum Gasteiger partial charge on any atom is 0.223 e. The van der Waals surface area contributed by atoms with E-state index in [-0.39, 0.29) is 11.9 Å². The normalized spacial score (nSPS) is 20.2. The van der Waals surface area contributed by atoms with E-state index in [4.69, 9.17) is 4.74 Å². The third-order valence-electron chi connectivity index (χ3n) is 4.45. The molecule has 2 aromatic rings. The average Bonchev–Trinajstić information content (AvgIpc) is 3.02. The zero-order chi connectivity index (χ0) is 16.9. The lowest BCUT2D eigenvalue weighted by Crippen LogP contribution is -2.31. The summed E-state index contributed by atoms with van der Waals surface area (Å²) in [4.78, 5) is 18.5. The van der Waals surface area contributed by atoms with E-state index >= 15 is 0 Å². The highest BCUT2D eigenvalue weighted by atomic mass is 16.5. The average molecular weight is 326 g/mol. The number of pyridine rings is 1. The number of carbonyl (C=O) groups is 1. The highest BCUT2D eigenvalue weighted by Crippen LogP contribution is 2.34. The monoisotopic (exact) mass is 326 g/mol. The number of ether oxygens (including phenoxy) is 1. The molecule has 0 radical (unpaired) electrons. The van der Waals surface area contributed by atoms with Crippen molar-refractivity contribution in [2.75, 3.05) is 13.7 Å². The Morgan fingerprint density at radius 1 is 1.33 bits per heavy atom. The number of aliphatic hydroxyl groups excluding tert-OH is 1. The van der Waals surface area contributed by atoms with Gasteiger partial charge in [0.25, 0.3) is 0 Å². The summed E-state index contributed by atoms with van der Waals surface area (Å²) in [5, 5.41) is 10.1. The van der Waals surface area contributed by atoms with Crippen LogP contribution in [0, 0.1) is 0 Å². The predicted molar refractivity (Wildman–Crippen MR) is 90.6 cm³/mol. The minimum Gasteiger partial charge on any atom is -0.497 e. The molecule has 1 N–H and O–H groups in total. The van der Waals surface area contributed by atoms with Crippen LogP contribution in [-0.2, 0) is 11.2 Å². The van der Waals surface area contributed by atoms with Gasteiger partial charge in [-0.05, 0) is 48.2 Å². The SMILES string of the molecule is COc1cccc([C@H]2C[C@H](O)CN2C(=O)CCc2ccncc2)c1. The lowest BCUT2D eigenvalue weighted by molar-refractivity contribution is -0.132. The number of aliphatic hydroxyl groups is 1. The van der Waals surface area contributed by atoms with E-state index in [1.807, 2.05) is 36.4 Å². The zero-order valence-electron chi connectivity index (χ0n) is 13.8. The van der Waals surface area contributed by atoms with Gasteiger partial charge in [0.15, 0.2) is 0 Å². The number of β-amino-alcohol motifs (C(OH)–C–C–N with tert-alkyl or cyclic N) is 1. The standard InChI is InChI=1S/C19H22N2O3/c1-24-17-4-2-3-15(11-17)18-12-16(22)13-21(18)19(23)6-5-14-7-9-20-10-8-14/h2-4,7-11,16,18,22H,5-6,12-13H2,1H3/t16-,18+/m0/s1. The minimum atomic E-state index is -0.480. The highest BCUT2D eigenvalue weighted by Gasteiger charge is 2.35. The number of carbonyl (C=O) groups excluding carboxylic acids is 1. The lowest BCUT2D eigenvalue weighted by Gasteiger charge is -2.25. The second-order valence-corrected chi connectivity index (χ2v) is 6.08. The lowest BCUT2D eigenvalue weighted by atomic mass is 10.0. The molecule has 1 aliphatic rings. The number of aryl methyl sites for hydroxylation is 1. The first-order chi connectivity index (χ1) is 11.7. The molecule has 3 rings (SSSR count). The van der Waals surface area contributed by atoms with Gasteiger partial charge in [-0.2, -0.15) is 0 Å². The quantitative estimate of drug-likeness (QED) is 0.916. The van der Waals surface area contributed by atoms with Gasteiger partial charge in [0, 0.05) is 25.4 Å². The van der Waals surface area contributed by atoms with Crippen molar-refractivity contribution in [2.45, 2.75) is 31.4 Å². The van der Waals surface area contributed by atoms with Crippen molar-refractivity contribution in [3.63, 3.8) is 0 Å². The van der Waals surface area contributed by atoms with E-state index in [9.17, 15) is 9.90 Å². The second-order valence-electron chi connectivity index (χ2n) is 6.08. The molecule has 24 heavy (non-hydrogen) atoms. The van der Waals surface area contributed by atoms with E-state index in [1.54, 1.807) is 24.4 Å². The van der Waals surface area contributed by atoms with Crippen molar-refractivity contribution >= 4 is 5.91 Å². The van der Waals surface area contributed by atoms with Crippen molar-refractivity contribution in [3.8, 4) is 5.75 Å². The summed E-state index contributed by atoms with van der Waals surface area (Å²) in [5.41, 5.74) is 2.10. The Morgan fingerprint density at radius 2 is 2.12 bits per heavy atom. The van der Waals surface area contributed by atoms with Crippen LogP contribution in [0.5, 0.6) is 5.75 Å². The summed E-state index contributed by atoms with van der Waals surface area (Å²) < 4.78 is 5.27. The molecule has 5 nitrogen and oxygen atoms in total. The molecule has 0 aliphatic carbocycles. The fraction of sp³-hybridized carbons (Fsp3) is 0.368. The van der Waals surface area contributed by atoms with E-state index in [0.29, 0.717) is 25.8 Å². The first-order valence-corrected chi connectivity index (χ1v) is 8.18. The van der Waals surface area contributed by atoms with Gasteiger partial charge < -0.3 is 14.7 Å². The number of rotatable bonds is 5. The minimum absolute atomic E-state index is 0.0659. The van der Waals surface area contributed by atoms with Crippen molar-refractivity contribution in [2.24, 2.45) is 0 Å². The van der Waals surface area contributed by atoms with Gasteiger partial charge in [-0.25, -0.2) is 0 Å². The summed E-state index contributed by atoms with van der Waals surface area (Å²) in [6.45, 7) is 0.386. The van der Waals surface area contributed by atoms with Crippen LogP contribution in [0.1, 0.15) is 30.0 Å². The highest BCUT2D eigenvalue weighted by molar-refractivity contribution is 5.77. The van der Waals surface area contributed by atoms with Gasteiger partial charge in [-0.15, -0.1) is 0 Å². The Bertz CT molecular complexity index is 690. The Hall–Kier alpha value is -2.40. The molecule has 1 aliphatic heterocycles. The summed E-state index contributed by atoms with van der Waals surface area (Å²) in [5.74, 6) is 0.828. The fourth-order valence-corrected chi connectivity index (χ4v) is 3.20. The van der Waals surface area contributed by atoms with Crippen molar-refractivity contribution in [1.82, 2.24) is 9.88 Å². The van der Waals surface area contributed by atoms with E-state index in [2.05, 4.69) is 4.98 Å². The van der Waals surface area contributed by atoms with Crippen LogP contribution in [-0.4, -0.2) is 40.7 Å². The number of methoxy groups -OCH3 is 1. The van der Waals surface area contributed by atoms with Crippen LogP contribution < -0.4 is 4.74 Å². The van der Waals surface area contributed by atoms with Gasteiger partial charge in [0.05, 0.1) is 19.3 Å². The molecule has 126 valence electrons. The fourth-order valence-electron chi connectivity index (χ4n) is 3.20. The Balaban J connectivity index is 1.71. The van der Waals surface area contributed by atoms with Gasteiger partial charge in [0.2, 0.25) is 5.91 Å². The third kappa shape index (κ3) is 3.74. The van der Waals surface area contributed by atoms with Crippen molar-refractivity contribution in [1.29, 1.82) is 0 Å². The number of benzene rings is 1. The molecule has 1 amide bonds. The second kappa shape index (κ2) is 7.45. The summed E-state index contributed by atoms with van der Waals surface area (Å²) in [6, 6.07) is 11.5. The maximum atomic E-state index is 12.7. The molecule has 0 spiro atoms. The van der Waals surface area contributed by atoms with Gasteiger partial charge in [0.1, 0.15) is 5.75 Å². The summed E-state index contributed by atoms with van der Waals surface area (Å²) in [7, 11) is 1.63. The van der Waals surface area contributed by atoms with E-state index in [0.717, 1.165) is 16.9 Å². The molecule has 1 aromatic heterocycles. The van der Waals surface area contributed by atoms with Crippen LogP contribution >= 0.6 is 0 Å². The molecule has 1 fully saturated rings. The van der Waals surface area contributed by atoms with Crippen molar-refractivity contribution in [3.05, 3.63) is 59.9 Å². The first kappa shape index (κ1) is 16.5. The number of aromatic nitrogens is 1. The number of hydrogen-bond donors (Lipinski definition) is 1. The Labute approximate surface area is 141 Å². The third-order valence-corrected chi connectivity index (χ3v) is 4.45. The predicted octanol–water partition coefficient (Wildman–Crippen LogP) is 2.36. The molecule has 1 aromatic carbocycles. The van der Waals surface area contributed by atoms with Crippen LogP contribution in [0.2, 0.25) is 0 Å². The molecule has 2 heterocycles. The zero-order valence-corrected chi connectivity index (χ0v) is 13.8. The molecule has 5 heteroatoms. The van der Waals surface area contributed by atoms with Gasteiger partial charge in [-0.3, -0.25) is 9.78 Å². The van der Waals surface area contributed by atoms with Crippen LogP contribution in [0.25, 0.3) is 0 Å².